The highest BCUT2D eigenvalue weighted by Gasteiger charge is 2.43. The predicted molar refractivity (Wildman–Crippen MR) is 101 cm³/mol. The van der Waals surface area contributed by atoms with Crippen molar-refractivity contribution in [1.29, 1.82) is 0 Å². The summed E-state index contributed by atoms with van der Waals surface area (Å²) in [5.41, 5.74) is 1.25. The number of halogens is 3. The summed E-state index contributed by atoms with van der Waals surface area (Å²) < 4.78 is 39.3. The first-order chi connectivity index (χ1) is 12.9. The first-order valence-electron chi connectivity index (χ1n) is 8.63. The van der Waals surface area contributed by atoms with Crippen LogP contribution in [0.15, 0.2) is 66.7 Å². The second-order valence-electron chi connectivity index (χ2n) is 5.81. The predicted octanol–water partition coefficient (Wildman–Crippen LogP) is 5.34. The van der Waals surface area contributed by atoms with Gasteiger partial charge in [-0.15, -0.1) is 0 Å². The molecule has 0 aliphatic carbocycles. The second-order valence-corrected chi connectivity index (χ2v) is 5.81. The van der Waals surface area contributed by atoms with Crippen molar-refractivity contribution < 1.29 is 18.0 Å². The van der Waals surface area contributed by atoms with Crippen molar-refractivity contribution in [2.75, 3.05) is 11.4 Å². The average Bonchev–Trinajstić information content (AvgIpc) is 2.66. The van der Waals surface area contributed by atoms with Gasteiger partial charge >= 0.3 is 12.1 Å². The van der Waals surface area contributed by atoms with Gasteiger partial charge in [0.15, 0.2) is 0 Å². The molecule has 2 aromatic rings. The van der Waals surface area contributed by atoms with Gasteiger partial charge in [0, 0.05) is 17.7 Å². The lowest BCUT2D eigenvalue weighted by Crippen LogP contribution is -2.41. The Morgan fingerprint density at radius 3 is 2.33 bits per heavy atom. The molecule has 0 atom stereocenters. The number of hydrogen-bond acceptors (Lipinski definition) is 1. The summed E-state index contributed by atoms with van der Waals surface area (Å²) >= 11 is 0. The van der Waals surface area contributed by atoms with E-state index in [2.05, 4.69) is 11.8 Å². The third-order valence-electron chi connectivity index (χ3n) is 3.71. The fourth-order valence-corrected chi connectivity index (χ4v) is 2.38. The van der Waals surface area contributed by atoms with Crippen LogP contribution in [0, 0.1) is 11.8 Å². The molecular formula is C22H20F3NO. The Balaban J connectivity index is 2.40. The van der Waals surface area contributed by atoms with Crippen LogP contribution in [0.3, 0.4) is 0 Å². The summed E-state index contributed by atoms with van der Waals surface area (Å²) in [6.45, 7) is 1.81. The molecule has 0 N–H and O–H groups in total. The molecule has 0 aliphatic rings. The molecule has 5 heteroatoms. The molecule has 0 unspecified atom stereocenters. The second kappa shape index (κ2) is 9.63. The zero-order valence-electron chi connectivity index (χ0n) is 15.0. The van der Waals surface area contributed by atoms with E-state index >= 15 is 0 Å². The third kappa shape index (κ3) is 6.03. The van der Waals surface area contributed by atoms with Crippen molar-refractivity contribution >= 4 is 11.6 Å². The Labute approximate surface area is 157 Å². The monoisotopic (exact) mass is 371 g/mol. The van der Waals surface area contributed by atoms with E-state index in [0.29, 0.717) is 5.56 Å². The van der Waals surface area contributed by atoms with Gasteiger partial charge in [0.05, 0.1) is 5.69 Å². The van der Waals surface area contributed by atoms with Gasteiger partial charge in [-0.3, -0.25) is 9.69 Å². The summed E-state index contributed by atoms with van der Waals surface area (Å²) in [5, 5.41) is 0. The van der Waals surface area contributed by atoms with Crippen LogP contribution in [0.2, 0.25) is 0 Å². The highest BCUT2D eigenvalue weighted by molar-refractivity contribution is 5.98. The Morgan fingerprint density at radius 2 is 1.67 bits per heavy atom. The maximum Gasteiger partial charge on any atom is 0.471 e. The molecule has 0 aliphatic heterocycles. The minimum absolute atomic E-state index is 0.143. The summed E-state index contributed by atoms with van der Waals surface area (Å²) in [4.78, 5) is 12.7. The molecule has 27 heavy (non-hydrogen) atoms. The molecule has 2 nitrogen and oxygen atoms in total. The van der Waals surface area contributed by atoms with Gasteiger partial charge in [-0.05, 0) is 30.7 Å². The Morgan fingerprint density at radius 1 is 1.00 bits per heavy atom. The largest absolute Gasteiger partial charge is 0.471 e. The van der Waals surface area contributed by atoms with Crippen molar-refractivity contribution in [3.63, 3.8) is 0 Å². The van der Waals surface area contributed by atoms with Crippen molar-refractivity contribution in [2.45, 2.75) is 25.9 Å². The van der Waals surface area contributed by atoms with E-state index < -0.39 is 12.1 Å². The SMILES string of the molecule is CCC/C=C/CN(C(=O)C(F)(F)F)c1ccccc1C#Cc1ccccc1. The Kier molecular flexibility index (Phi) is 7.25. The van der Waals surface area contributed by atoms with Gasteiger partial charge in [0.2, 0.25) is 0 Å². The van der Waals surface area contributed by atoms with Crippen molar-refractivity contribution in [2.24, 2.45) is 0 Å². The first kappa shape index (κ1) is 20.3. The highest BCUT2D eigenvalue weighted by atomic mass is 19.4. The lowest BCUT2D eigenvalue weighted by atomic mass is 10.1. The van der Waals surface area contributed by atoms with Gasteiger partial charge in [-0.25, -0.2) is 0 Å². The highest BCUT2D eigenvalue weighted by Crippen LogP contribution is 2.26. The Bertz CT molecular complexity index is 845. The first-order valence-corrected chi connectivity index (χ1v) is 8.63. The van der Waals surface area contributed by atoms with E-state index in [0.717, 1.165) is 23.3 Å². The van der Waals surface area contributed by atoms with Crippen molar-refractivity contribution in [3.05, 3.63) is 77.9 Å². The number of nitrogens with zero attached hydrogens (tertiary/aromatic N) is 1. The third-order valence-corrected chi connectivity index (χ3v) is 3.71. The van der Waals surface area contributed by atoms with Crippen LogP contribution in [0.1, 0.15) is 30.9 Å². The molecule has 1 amide bonds. The van der Waals surface area contributed by atoms with E-state index in [1.807, 2.05) is 37.3 Å². The van der Waals surface area contributed by atoms with Crippen LogP contribution in [0.5, 0.6) is 0 Å². The molecule has 2 aromatic carbocycles. The fourth-order valence-electron chi connectivity index (χ4n) is 2.38. The molecular weight excluding hydrogens is 351 g/mol. The minimum Gasteiger partial charge on any atom is -0.300 e. The maximum atomic E-state index is 13.1. The van der Waals surface area contributed by atoms with Gasteiger partial charge in [-0.1, -0.05) is 67.7 Å². The standard InChI is InChI=1S/C22H20F3NO/c1-2-3-4-10-17-26(21(27)22(23,24)25)20-14-9-8-13-19(20)16-15-18-11-6-5-7-12-18/h4-14H,2-3,17H2,1H3/b10-4+. The molecule has 0 heterocycles. The number of alkyl halides is 3. The minimum atomic E-state index is -4.96. The Hall–Kier alpha value is -3.00. The lowest BCUT2D eigenvalue weighted by molar-refractivity contribution is -0.170. The maximum absolute atomic E-state index is 13.1. The van der Waals surface area contributed by atoms with E-state index in [9.17, 15) is 18.0 Å². The summed E-state index contributed by atoms with van der Waals surface area (Å²) in [6.07, 6.45) is 0.00832. The van der Waals surface area contributed by atoms with E-state index in [1.165, 1.54) is 6.07 Å². The van der Waals surface area contributed by atoms with Crippen molar-refractivity contribution in [1.82, 2.24) is 0 Å². The number of para-hydroxylation sites is 1. The number of hydrogen-bond donors (Lipinski definition) is 0. The number of allylic oxidation sites excluding steroid dienone is 1. The van der Waals surface area contributed by atoms with Gasteiger partial charge < -0.3 is 0 Å². The summed E-state index contributed by atoms with van der Waals surface area (Å²) in [6, 6.07) is 15.5. The summed E-state index contributed by atoms with van der Waals surface area (Å²) in [7, 11) is 0. The topological polar surface area (TPSA) is 20.3 Å². The van der Waals surface area contributed by atoms with Crippen LogP contribution < -0.4 is 4.90 Å². The number of anilines is 1. The van der Waals surface area contributed by atoms with Crippen LogP contribution >= 0.6 is 0 Å². The molecule has 0 saturated carbocycles. The quantitative estimate of drug-likeness (QED) is 0.513. The lowest BCUT2D eigenvalue weighted by Gasteiger charge is -2.23. The number of carbonyl (C=O) groups excluding carboxylic acids is 1. The van der Waals surface area contributed by atoms with Crippen molar-refractivity contribution in [3.8, 4) is 11.8 Å². The zero-order chi connectivity index (χ0) is 19.7. The number of carbonyl (C=O) groups is 1. The smallest absolute Gasteiger partial charge is 0.300 e. The van der Waals surface area contributed by atoms with Gasteiger partial charge in [0.1, 0.15) is 0 Å². The van der Waals surface area contributed by atoms with Crippen LogP contribution in [0.25, 0.3) is 0 Å². The molecule has 0 saturated heterocycles. The average molecular weight is 371 g/mol. The molecule has 0 bridgehead atoms. The number of benzene rings is 2. The molecule has 0 spiro atoms. The van der Waals surface area contributed by atoms with Gasteiger partial charge in [0.25, 0.3) is 0 Å². The van der Waals surface area contributed by atoms with Crippen LogP contribution in [0.4, 0.5) is 18.9 Å². The normalized spacial score (nSPS) is 11.1. The van der Waals surface area contributed by atoms with E-state index in [4.69, 9.17) is 0 Å². The van der Waals surface area contributed by atoms with Crippen LogP contribution in [-0.4, -0.2) is 18.6 Å². The molecule has 2 rings (SSSR count). The fraction of sp³-hybridized carbons (Fsp3) is 0.227. The molecule has 140 valence electrons. The summed E-state index contributed by atoms with van der Waals surface area (Å²) in [5.74, 6) is 3.90. The number of unbranched alkanes of at least 4 members (excludes halogenated alkanes) is 1. The number of rotatable bonds is 5. The zero-order valence-corrected chi connectivity index (χ0v) is 15.0. The van der Waals surface area contributed by atoms with Crippen LogP contribution in [-0.2, 0) is 4.79 Å². The van der Waals surface area contributed by atoms with E-state index in [-0.39, 0.29) is 12.2 Å². The molecule has 0 radical (unpaired) electrons. The van der Waals surface area contributed by atoms with Gasteiger partial charge in [-0.2, -0.15) is 13.2 Å². The number of amides is 1. The molecule has 0 aromatic heterocycles. The molecule has 0 fully saturated rings. The van der Waals surface area contributed by atoms with E-state index in [1.54, 1.807) is 30.4 Å².